The fourth-order valence-electron chi connectivity index (χ4n) is 2.06. The molecule has 90 valence electrons. The summed E-state index contributed by atoms with van der Waals surface area (Å²) in [6.45, 7) is 8.52. The molecule has 1 aliphatic rings. The fourth-order valence-corrected chi connectivity index (χ4v) is 2.06. The minimum atomic E-state index is -0.0770. The van der Waals surface area contributed by atoms with E-state index in [1.54, 1.807) is 0 Å². The van der Waals surface area contributed by atoms with Crippen LogP contribution >= 0.6 is 0 Å². The molecule has 0 heterocycles. The van der Waals surface area contributed by atoms with Crippen molar-refractivity contribution in [2.75, 3.05) is 13.1 Å². The highest BCUT2D eigenvalue weighted by atomic mass is 16.3. The van der Waals surface area contributed by atoms with E-state index < -0.39 is 0 Å². The Balaban J connectivity index is 2.04. The maximum Gasteiger partial charge on any atom is 0.0555 e. The lowest BCUT2D eigenvalue weighted by Crippen LogP contribution is -2.43. The largest absolute Gasteiger partial charge is 0.393 e. The molecular formula is C12H26N2O. The standard InChI is InChI=1S/C12H26N2O/c1-12(2,3)14-8-7-13-10-5-4-6-11(15)9-10/h10-11,13-15H,4-9H2,1-3H3. The fraction of sp³-hybridized carbons (Fsp3) is 1.00. The Morgan fingerprint density at radius 3 is 2.53 bits per heavy atom. The molecule has 1 fully saturated rings. The highest BCUT2D eigenvalue weighted by Crippen LogP contribution is 2.17. The number of aliphatic hydroxyl groups excluding tert-OH is 1. The van der Waals surface area contributed by atoms with Crippen LogP contribution in [0.1, 0.15) is 46.5 Å². The van der Waals surface area contributed by atoms with E-state index in [4.69, 9.17) is 0 Å². The van der Waals surface area contributed by atoms with Crippen molar-refractivity contribution in [2.45, 2.75) is 64.1 Å². The van der Waals surface area contributed by atoms with Gasteiger partial charge < -0.3 is 15.7 Å². The van der Waals surface area contributed by atoms with E-state index in [1.165, 1.54) is 6.42 Å². The summed E-state index contributed by atoms with van der Waals surface area (Å²) >= 11 is 0. The van der Waals surface area contributed by atoms with Crippen LogP contribution in [0.4, 0.5) is 0 Å². The molecule has 2 atom stereocenters. The molecule has 2 unspecified atom stereocenters. The minimum absolute atomic E-state index is 0.0770. The van der Waals surface area contributed by atoms with E-state index in [-0.39, 0.29) is 11.6 Å². The molecular weight excluding hydrogens is 188 g/mol. The third-order valence-electron chi connectivity index (χ3n) is 2.86. The lowest BCUT2D eigenvalue weighted by Gasteiger charge is -2.27. The van der Waals surface area contributed by atoms with Gasteiger partial charge in [0, 0.05) is 24.7 Å². The van der Waals surface area contributed by atoms with Gasteiger partial charge in [0.1, 0.15) is 0 Å². The molecule has 0 radical (unpaired) electrons. The second kappa shape index (κ2) is 5.83. The van der Waals surface area contributed by atoms with Crippen LogP contribution in [-0.2, 0) is 0 Å². The Bertz CT molecular complexity index is 177. The lowest BCUT2D eigenvalue weighted by atomic mass is 9.93. The van der Waals surface area contributed by atoms with E-state index in [0.717, 1.165) is 32.4 Å². The van der Waals surface area contributed by atoms with Gasteiger partial charge in [-0.2, -0.15) is 0 Å². The Kier molecular flexibility index (Phi) is 5.03. The molecule has 0 amide bonds. The first kappa shape index (κ1) is 12.9. The van der Waals surface area contributed by atoms with Crippen molar-refractivity contribution >= 4 is 0 Å². The van der Waals surface area contributed by atoms with Crippen LogP contribution in [0.2, 0.25) is 0 Å². The zero-order valence-corrected chi connectivity index (χ0v) is 10.3. The molecule has 0 saturated heterocycles. The van der Waals surface area contributed by atoms with Crippen LogP contribution in [0.3, 0.4) is 0 Å². The smallest absolute Gasteiger partial charge is 0.0555 e. The van der Waals surface area contributed by atoms with Gasteiger partial charge in [-0.25, -0.2) is 0 Å². The molecule has 3 nitrogen and oxygen atoms in total. The van der Waals surface area contributed by atoms with Gasteiger partial charge in [-0.05, 0) is 46.5 Å². The molecule has 0 aromatic carbocycles. The molecule has 0 spiro atoms. The molecule has 0 bridgehead atoms. The van der Waals surface area contributed by atoms with E-state index in [9.17, 15) is 5.11 Å². The summed E-state index contributed by atoms with van der Waals surface area (Å²) in [5.74, 6) is 0. The Morgan fingerprint density at radius 2 is 1.93 bits per heavy atom. The number of aliphatic hydroxyl groups is 1. The molecule has 0 aromatic rings. The predicted octanol–water partition coefficient (Wildman–Crippen LogP) is 1.27. The van der Waals surface area contributed by atoms with Crippen molar-refractivity contribution in [2.24, 2.45) is 0 Å². The van der Waals surface area contributed by atoms with Gasteiger partial charge >= 0.3 is 0 Å². The number of hydrogen-bond acceptors (Lipinski definition) is 3. The van der Waals surface area contributed by atoms with Crippen LogP contribution in [0.5, 0.6) is 0 Å². The quantitative estimate of drug-likeness (QED) is 0.618. The Hall–Kier alpha value is -0.120. The normalized spacial score (nSPS) is 28.0. The summed E-state index contributed by atoms with van der Waals surface area (Å²) in [5, 5.41) is 16.5. The van der Waals surface area contributed by atoms with Crippen molar-refractivity contribution in [1.29, 1.82) is 0 Å². The molecule has 0 aliphatic heterocycles. The zero-order chi connectivity index (χ0) is 11.3. The maximum atomic E-state index is 9.51. The first-order valence-corrected chi connectivity index (χ1v) is 6.14. The Labute approximate surface area is 93.6 Å². The molecule has 0 aromatic heterocycles. The molecule has 3 N–H and O–H groups in total. The zero-order valence-electron chi connectivity index (χ0n) is 10.3. The summed E-state index contributed by atoms with van der Waals surface area (Å²) in [5.41, 5.74) is 0.202. The average Bonchev–Trinajstić information content (AvgIpc) is 2.11. The lowest BCUT2D eigenvalue weighted by molar-refractivity contribution is 0.112. The summed E-state index contributed by atoms with van der Waals surface area (Å²) in [6.07, 6.45) is 4.21. The van der Waals surface area contributed by atoms with Gasteiger partial charge in [0.15, 0.2) is 0 Å². The van der Waals surface area contributed by atoms with Crippen LogP contribution in [0, 0.1) is 0 Å². The van der Waals surface area contributed by atoms with Gasteiger partial charge in [0.05, 0.1) is 6.10 Å². The number of nitrogens with one attached hydrogen (secondary N) is 2. The number of hydrogen-bond donors (Lipinski definition) is 3. The van der Waals surface area contributed by atoms with Gasteiger partial charge in [-0.15, -0.1) is 0 Å². The number of rotatable bonds is 4. The molecule has 1 rings (SSSR count). The minimum Gasteiger partial charge on any atom is -0.393 e. The molecule has 15 heavy (non-hydrogen) atoms. The van der Waals surface area contributed by atoms with E-state index in [2.05, 4.69) is 31.4 Å². The van der Waals surface area contributed by atoms with Crippen LogP contribution in [-0.4, -0.2) is 35.9 Å². The second-order valence-corrected chi connectivity index (χ2v) is 5.65. The average molecular weight is 214 g/mol. The third-order valence-corrected chi connectivity index (χ3v) is 2.86. The molecule has 3 heteroatoms. The first-order valence-electron chi connectivity index (χ1n) is 6.14. The highest BCUT2D eigenvalue weighted by molar-refractivity contribution is 4.78. The Morgan fingerprint density at radius 1 is 1.20 bits per heavy atom. The van der Waals surface area contributed by atoms with Gasteiger partial charge in [-0.1, -0.05) is 0 Å². The van der Waals surface area contributed by atoms with Crippen molar-refractivity contribution in [3.8, 4) is 0 Å². The summed E-state index contributed by atoms with van der Waals surface area (Å²) in [4.78, 5) is 0. The van der Waals surface area contributed by atoms with Gasteiger partial charge in [-0.3, -0.25) is 0 Å². The van der Waals surface area contributed by atoms with E-state index in [0.29, 0.717) is 6.04 Å². The SMILES string of the molecule is CC(C)(C)NCCNC1CCCC(O)C1. The van der Waals surface area contributed by atoms with Crippen molar-refractivity contribution in [1.82, 2.24) is 10.6 Å². The molecule has 1 saturated carbocycles. The summed E-state index contributed by atoms with van der Waals surface area (Å²) in [6, 6.07) is 0.524. The maximum absolute atomic E-state index is 9.51. The van der Waals surface area contributed by atoms with E-state index >= 15 is 0 Å². The predicted molar refractivity (Wildman–Crippen MR) is 64.0 cm³/mol. The van der Waals surface area contributed by atoms with Gasteiger partial charge in [0.2, 0.25) is 0 Å². The first-order chi connectivity index (χ1) is 6.97. The van der Waals surface area contributed by atoms with Crippen molar-refractivity contribution in [3.63, 3.8) is 0 Å². The second-order valence-electron chi connectivity index (χ2n) is 5.65. The van der Waals surface area contributed by atoms with Crippen LogP contribution in [0.15, 0.2) is 0 Å². The summed E-state index contributed by atoms with van der Waals surface area (Å²) in [7, 11) is 0. The van der Waals surface area contributed by atoms with Crippen LogP contribution < -0.4 is 10.6 Å². The summed E-state index contributed by atoms with van der Waals surface area (Å²) < 4.78 is 0. The van der Waals surface area contributed by atoms with Crippen LogP contribution in [0.25, 0.3) is 0 Å². The van der Waals surface area contributed by atoms with E-state index in [1.807, 2.05) is 0 Å². The highest BCUT2D eigenvalue weighted by Gasteiger charge is 2.19. The molecule has 1 aliphatic carbocycles. The van der Waals surface area contributed by atoms with Crippen molar-refractivity contribution < 1.29 is 5.11 Å². The van der Waals surface area contributed by atoms with Crippen molar-refractivity contribution in [3.05, 3.63) is 0 Å². The third kappa shape index (κ3) is 6.13. The van der Waals surface area contributed by atoms with Gasteiger partial charge in [0.25, 0.3) is 0 Å². The topological polar surface area (TPSA) is 44.3 Å². The monoisotopic (exact) mass is 214 g/mol.